The number of benzene rings is 1. The summed E-state index contributed by atoms with van der Waals surface area (Å²) in [4.78, 5) is 12.0. The molecule has 0 radical (unpaired) electrons. The third-order valence-corrected chi connectivity index (χ3v) is 4.84. The van der Waals surface area contributed by atoms with E-state index in [0.717, 1.165) is 12.8 Å². The second-order valence-electron chi connectivity index (χ2n) is 5.74. The van der Waals surface area contributed by atoms with Crippen LogP contribution >= 0.6 is 23.2 Å². The van der Waals surface area contributed by atoms with Crippen LogP contribution in [0, 0.1) is 0 Å². The van der Waals surface area contributed by atoms with E-state index in [1.807, 2.05) is 0 Å². The molecule has 1 amide bonds. The molecule has 1 aromatic carbocycles. The summed E-state index contributed by atoms with van der Waals surface area (Å²) in [5, 5.41) is 7.50. The predicted molar refractivity (Wildman–Crippen MR) is 83.1 cm³/mol. The highest BCUT2D eigenvalue weighted by molar-refractivity contribution is 6.42. The van der Waals surface area contributed by atoms with Gasteiger partial charge in [0.05, 0.1) is 10.0 Å². The Balaban J connectivity index is 1.47. The SMILES string of the molecule is O=C(COc1ccc(Cl)c(Cl)c1)NC1CC2CCC(C1)N2. The third kappa shape index (κ3) is 3.82. The molecule has 0 saturated carbocycles. The molecule has 3 rings (SSSR count). The van der Waals surface area contributed by atoms with Gasteiger partial charge in [-0.05, 0) is 37.8 Å². The zero-order chi connectivity index (χ0) is 14.8. The van der Waals surface area contributed by atoms with Gasteiger partial charge in [0.1, 0.15) is 5.75 Å². The number of nitrogens with one attached hydrogen (secondary N) is 2. The van der Waals surface area contributed by atoms with Gasteiger partial charge in [-0.25, -0.2) is 0 Å². The lowest BCUT2D eigenvalue weighted by Gasteiger charge is -2.29. The fraction of sp³-hybridized carbons (Fsp3) is 0.533. The summed E-state index contributed by atoms with van der Waals surface area (Å²) in [5.41, 5.74) is 0. The van der Waals surface area contributed by atoms with Crippen LogP contribution in [0.25, 0.3) is 0 Å². The van der Waals surface area contributed by atoms with Crippen LogP contribution in [0.1, 0.15) is 25.7 Å². The van der Waals surface area contributed by atoms with Gasteiger partial charge >= 0.3 is 0 Å². The van der Waals surface area contributed by atoms with Crippen LogP contribution in [-0.4, -0.2) is 30.6 Å². The van der Waals surface area contributed by atoms with Gasteiger partial charge in [0.2, 0.25) is 0 Å². The molecule has 2 heterocycles. The number of amides is 1. The molecule has 0 spiro atoms. The third-order valence-electron chi connectivity index (χ3n) is 4.10. The molecular weight excluding hydrogens is 311 g/mol. The first-order chi connectivity index (χ1) is 10.1. The number of piperidine rings is 1. The molecule has 21 heavy (non-hydrogen) atoms. The number of rotatable bonds is 4. The largest absolute Gasteiger partial charge is 0.484 e. The van der Waals surface area contributed by atoms with Gasteiger partial charge in [0.25, 0.3) is 5.91 Å². The van der Waals surface area contributed by atoms with Crippen molar-refractivity contribution in [3.05, 3.63) is 28.2 Å². The summed E-state index contributed by atoms with van der Waals surface area (Å²) >= 11 is 11.7. The van der Waals surface area contributed by atoms with Crippen molar-refractivity contribution >= 4 is 29.1 Å². The van der Waals surface area contributed by atoms with Crippen LogP contribution in [-0.2, 0) is 4.79 Å². The van der Waals surface area contributed by atoms with Crippen LogP contribution < -0.4 is 15.4 Å². The molecule has 2 unspecified atom stereocenters. The van der Waals surface area contributed by atoms with Crippen LogP contribution in [0.5, 0.6) is 5.75 Å². The van der Waals surface area contributed by atoms with Crippen molar-refractivity contribution < 1.29 is 9.53 Å². The van der Waals surface area contributed by atoms with Crippen LogP contribution in [0.4, 0.5) is 0 Å². The Bertz CT molecular complexity index is 526. The monoisotopic (exact) mass is 328 g/mol. The highest BCUT2D eigenvalue weighted by atomic mass is 35.5. The molecule has 2 aliphatic heterocycles. The first-order valence-electron chi connectivity index (χ1n) is 7.23. The number of hydrogen-bond acceptors (Lipinski definition) is 3. The maximum absolute atomic E-state index is 12.0. The molecule has 0 aliphatic carbocycles. The Kier molecular flexibility index (Phi) is 4.57. The minimum atomic E-state index is -0.0904. The van der Waals surface area contributed by atoms with Gasteiger partial charge < -0.3 is 15.4 Å². The topological polar surface area (TPSA) is 50.4 Å². The van der Waals surface area contributed by atoms with Gasteiger partial charge in [-0.2, -0.15) is 0 Å². The molecule has 114 valence electrons. The zero-order valence-corrected chi connectivity index (χ0v) is 13.1. The first-order valence-corrected chi connectivity index (χ1v) is 7.99. The second-order valence-corrected chi connectivity index (χ2v) is 6.55. The Labute approximate surface area is 134 Å². The van der Waals surface area contributed by atoms with E-state index >= 15 is 0 Å². The van der Waals surface area contributed by atoms with E-state index in [1.54, 1.807) is 18.2 Å². The first kappa shape index (κ1) is 14.9. The van der Waals surface area contributed by atoms with Crippen molar-refractivity contribution in [1.82, 2.24) is 10.6 Å². The zero-order valence-electron chi connectivity index (χ0n) is 11.6. The standard InChI is InChI=1S/C15H18Cl2N2O2/c16-13-4-3-12(7-14(13)17)21-8-15(20)19-11-5-9-1-2-10(6-11)18-9/h3-4,7,9-11,18H,1-2,5-6,8H2,(H,19,20). The number of halogens is 2. The minimum Gasteiger partial charge on any atom is -0.484 e. The lowest BCUT2D eigenvalue weighted by Crippen LogP contribution is -2.48. The number of carbonyl (C=O) groups is 1. The van der Waals surface area contributed by atoms with Crippen LogP contribution in [0.3, 0.4) is 0 Å². The van der Waals surface area contributed by atoms with Crippen LogP contribution in [0.15, 0.2) is 18.2 Å². The molecule has 6 heteroatoms. The molecule has 2 fully saturated rings. The average Bonchev–Trinajstić information content (AvgIpc) is 2.79. The predicted octanol–water partition coefficient (Wildman–Crippen LogP) is 2.77. The molecule has 2 bridgehead atoms. The smallest absolute Gasteiger partial charge is 0.258 e. The lowest BCUT2D eigenvalue weighted by atomic mass is 10.00. The summed E-state index contributed by atoms with van der Waals surface area (Å²) in [5.74, 6) is 0.456. The summed E-state index contributed by atoms with van der Waals surface area (Å²) in [7, 11) is 0. The Morgan fingerprint density at radius 1 is 1.24 bits per heavy atom. The van der Waals surface area contributed by atoms with Gasteiger partial charge in [-0.15, -0.1) is 0 Å². The van der Waals surface area contributed by atoms with Crippen molar-refractivity contribution in [2.24, 2.45) is 0 Å². The van der Waals surface area contributed by atoms with Crippen molar-refractivity contribution in [2.75, 3.05) is 6.61 Å². The normalized spacial score (nSPS) is 27.4. The highest BCUT2D eigenvalue weighted by Crippen LogP contribution is 2.27. The quantitative estimate of drug-likeness (QED) is 0.893. The summed E-state index contributed by atoms with van der Waals surface area (Å²) < 4.78 is 5.44. The van der Waals surface area contributed by atoms with Crippen molar-refractivity contribution in [3.63, 3.8) is 0 Å². The van der Waals surface area contributed by atoms with E-state index in [4.69, 9.17) is 27.9 Å². The number of ether oxygens (including phenoxy) is 1. The van der Waals surface area contributed by atoms with Gasteiger partial charge in [0, 0.05) is 24.2 Å². The molecule has 0 aromatic heterocycles. The van der Waals surface area contributed by atoms with Gasteiger partial charge in [0.15, 0.2) is 6.61 Å². The van der Waals surface area contributed by atoms with E-state index < -0.39 is 0 Å². The van der Waals surface area contributed by atoms with Crippen molar-refractivity contribution in [3.8, 4) is 5.75 Å². The molecule has 1 aromatic rings. The van der Waals surface area contributed by atoms with E-state index in [-0.39, 0.29) is 18.6 Å². The molecule has 2 N–H and O–H groups in total. The highest BCUT2D eigenvalue weighted by Gasteiger charge is 2.33. The van der Waals surface area contributed by atoms with Gasteiger partial charge in [-0.1, -0.05) is 23.2 Å². The summed E-state index contributed by atoms with van der Waals surface area (Å²) in [6, 6.07) is 6.35. The number of hydrogen-bond donors (Lipinski definition) is 2. The maximum Gasteiger partial charge on any atom is 0.258 e. The average molecular weight is 329 g/mol. The van der Waals surface area contributed by atoms with E-state index in [1.165, 1.54) is 12.8 Å². The summed E-state index contributed by atoms with van der Waals surface area (Å²) in [6.45, 7) is -0.00275. The van der Waals surface area contributed by atoms with Crippen LogP contribution in [0.2, 0.25) is 10.0 Å². The molecule has 2 saturated heterocycles. The number of fused-ring (bicyclic) bond motifs is 2. The Hall–Kier alpha value is -0.970. The molecular formula is C15H18Cl2N2O2. The Morgan fingerprint density at radius 2 is 1.95 bits per heavy atom. The lowest BCUT2D eigenvalue weighted by molar-refractivity contribution is -0.124. The maximum atomic E-state index is 12.0. The van der Waals surface area contributed by atoms with E-state index in [9.17, 15) is 4.79 Å². The Morgan fingerprint density at radius 3 is 2.62 bits per heavy atom. The van der Waals surface area contributed by atoms with Crippen molar-refractivity contribution in [1.29, 1.82) is 0 Å². The van der Waals surface area contributed by atoms with E-state index in [2.05, 4.69) is 10.6 Å². The van der Waals surface area contributed by atoms with E-state index in [0.29, 0.717) is 27.9 Å². The minimum absolute atomic E-state index is 0.00275. The van der Waals surface area contributed by atoms with Crippen molar-refractivity contribution in [2.45, 2.75) is 43.8 Å². The van der Waals surface area contributed by atoms with Gasteiger partial charge in [-0.3, -0.25) is 4.79 Å². The fourth-order valence-electron chi connectivity index (χ4n) is 3.16. The number of carbonyl (C=O) groups excluding carboxylic acids is 1. The molecule has 4 nitrogen and oxygen atoms in total. The fourth-order valence-corrected chi connectivity index (χ4v) is 3.45. The molecule has 2 aliphatic rings. The summed E-state index contributed by atoms with van der Waals surface area (Å²) in [6.07, 6.45) is 4.46. The second kappa shape index (κ2) is 6.42. The molecule has 2 atom stereocenters.